The molecule has 2 aromatic rings. The molecule has 152 valence electrons. The van der Waals surface area contributed by atoms with E-state index < -0.39 is 41.7 Å². The maximum Gasteiger partial charge on any atom is 0.416 e. The van der Waals surface area contributed by atoms with Crippen molar-refractivity contribution < 1.29 is 27.6 Å². The average Bonchev–Trinajstić information content (AvgIpc) is 2.91. The Morgan fingerprint density at radius 3 is 2.28 bits per heavy atom. The summed E-state index contributed by atoms with van der Waals surface area (Å²) in [7, 11) is 1.48. The van der Waals surface area contributed by atoms with Crippen LogP contribution in [0.15, 0.2) is 54.6 Å². The Morgan fingerprint density at radius 2 is 1.66 bits per heavy atom. The summed E-state index contributed by atoms with van der Waals surface area (Å²) in [6.07, 6.45) is -4.71. The lowest BCUT2D eigenvalue weighted by atomic mass is 9.87. The summed E-state index contributed by atoms with van der Waals surface area (Å²) in [5, 5.41) is 2.31. The summed E-state index contributed by atoms with van der Waals surface area (Å²) < 4.78 is 40.2. The molecule has 0 spiro atoms. The Morgan fingerprint density at radius 1 is 1.07 bits per heavy atom. The molecule has 4 amide bonds. The zero-order valence-electron chi connectivity index (χ0n) is 15.7. The van der Waals surface area contributed by atoms with Crippen molar-refractivity contribution in [1.82, 2.24) is 10.2 Å². The highest BCUT2D eigenvalue weighted by atomic mass is 19.4. The zero-order chi connectivity index (χ0) is 21.4. The minimum Gasteiger partial charge on any atom is -0.319 e. The molecule has 0 unspecified atom stereocenters. The fraction of sp³-hybridized carbons (Fsp3) is 0.250. The number of urea groups is 1. The number of alkyl halides is 3. The summed E-state index contributed by atoms with van der Waals surface area (Å²) in [6, 6.07) is 12.2. The number of amides is 4. The van der Waals surface area contributed by atoms with Crippen molar-refractivity contribution in [3.63, 3.8) is 0 Å². The topological polar surface area (TPSA) is 69.7 Å². The third kappa shape index (κ3) is 3.67. The molecule has 3 rings (SSSR count). The first-order valence-corrected chi connectivity index (χ1v) is 8.68. The third-order valence-electron chi connectivity index (χ3n) is 4.86. The highest BCUT2D eigenvalue weighted by Crippen LogP contribution is 2.39. The van der Waals surface area contributed by atoms with E-state index in [1.807, 2.05) is 0 Å². The van der Waals surface area contributed by atoms with Crippen LogP contribution in [-0.4, -0.2) is 36.3 Å². The van der Waals surface area contributed by atoms with Gasteiger partial charge in [0.25, 0.3) is 5.91 Å². The van der Waals surface area contributed by atoms with Crippen LogP contribution in [0.5, 0.6) is 0 Å². The van der Waals surface area contributed by atoms with E-state index in [1.165, 1.54) is 31.0 Å². The number of benzene rings is 2. The van der Waals surface area contributed by atoms with Crippen molar-refractivity contribution in [1.29, 1.82) is 0 Å². The van der Waals surface area contributed by atoms with Crippen LogP contribution in [0.25, 0.3) is 0 Å². The summed E-state index contributed by atoms with van der Waals surface area (Å²) in [6.45, 7) is 0.600. The Kier molecular flexibility index (Phi) is 5.08. The van der Waals surface area contributed by atoms with Crippen LogP contribution in [0.4, 0.5) is 23.7 Å². The van der Waals surface area contributed by atoms with E-state index in [9.17, 15) is 27.6 Å². The number of hydrogen-bond donors (Lipinski definition) is 1. The normalized spacial score (nSPS) is 19.3. The van der Waals surface area contributed by atoms with Gasteiger partial charge in [0, 0.05) is 12.7 Å². The minimum absolute atomic E-state index is 0.378. The number of rotatable bonds is 4. The quantitative estimate of drug-likeness (QED) is 0.795. The molecule has 1 saturated heterocycles. The lowest BCUT2D eigenvalue weighted by Crippen LogP contribution is -2.44. The van der Waals surface area contributed by atoms with Gasteiger partial charge in [-0.2, -0.15) is 13.2 Å². The van der Waals surface area contributed by atoms with Crippen molar-refractivity contribution in [3.8, 4) is 0 Å². The molecule has 1 atom stereocenters. The highest BCUT2D eigenvalue weighted by Gasteiger charge is 2.52. The fourth-order valence-corrected chi connectivity index (χ4v) is 3.23. The first-order chi connectivity index (χ1) is 13.6. The van der Waals surface area contributed by atoms with Gasteiger partial charge in [-0.25, -0.2) is 4.79 Å². The van der Waals surface area contributed by atoms with Gasteiger partial charge >= 0.3 is 12.2 Å². The van der Waals surface area contributed by atoms with E-state index in [4.69, 9.17) is 0 Å². The second-order valence-electron chi connectivity index (χ2n) is 6.78. The predicted octanol–water partition coefficient (Wildman–Crippen LogP) is 3.14. The van der Waals surface area contributed by atoms with E-state index in [-0.39, 0.29) is 5.56 Å². The Hall–Kier alpha value is -3.36. The molecule has 9 heteroatoms. The van der Waals surface area contributed by atoms with Gasteiger partial charge in [0.2, 0.25) is 5.91 Å². The average molecular weight is 405 g/mol. The van der Waals surface area contributed by atoms with Crippen LogP contribution >= 0.6 is 0 Å². The number of carbonyl (C=O) groups is 3. The molecular formula is C20H18F3N3O3. The molecule has 0 aromatic heterocycles. The first kappa shape index (κ1) is 20.4. The van der Waals surface area contributed by atoms with Crippen molar-refractivity contribution in [2.75, 3.05) is 18.5 Å². The SMILES string of the molecule is CN(C(=O)CN1C(=O)N[C@@](C)(c2ccccc2C(F)(F)F)C1=O)c1ccccc1. The minimum atomic E-state index is -4.71. The van der Waals surface area contributed by atoms with Gasteiger partial charge in [0.05, 0.1) is 5.56 Å². The molecule has 1 aliphatic rings. The van der Waals surface area contributed by atoms with E-state index >= 15 is 0 Å². The molecule has 1 aliphatic heterocycles. The van der Waals surface area contributed by atoms with Crippen molar-refractivity contribution >= 4 is 23.5 Å². The van der Waals surface area contributed by atoms with E-state index in [1.54, 1.807) is 30.3 Å². The van der Waals surface area contributed by atoms with Crippen LogP contribution < -0.4 is 10.2 Å². The van der Waals surface area contributed by atoms with Gasteiger partial charge in [0.1, 0.15) is 12.1 Å². The number of likely N-dealkylation sites (N-methyl/N-ethyl adjacent to an activating group) is 1. The number of nitrogens with one attached hydrogen (secondary N) is 1. The Balaban J connectivity index is 1.88. The number of para-hydroxylation sites is 1. The van der Waals surface area contributed by atoms with Gasteiger partial charge < -0.3 is 10.2 Å². The molecule has 0 saturated carbocycles. The lowest BCUT2D eigenvalue weighted by molar-refractivity contribution is -0.140. The van der Waals surface area contributed by atoms with E-state index in [0.717, 1.165) is 12.1 Å². The molecule has 1 N–H and O–H groups in total. The number of nitrogens with zero attached hydrogens (tertiary/aromatic N) is 2. The molecule has 0 bridgehead atoms. The van der Waals surface area contributed by atoms with Gasteiger partial charge in [-0.3, -0.25) is 14.5 Å². The number of anilines is 1. The number of halogens is 3. The van der Waals surface area contributed by atoms with Gasteiger partial charge in [0.15, 0.2) is 0 Å². The molecule has 0 radical (unpaired) electrons. The third-order valence-corrected chi connectivity index (χ3v) is 4.86. The first-order valence-electron chi connectivity index (χ1n) is 8.68. The molecule has 2 aromatic carbocycles. The van der Waals surface area contributed by atoms with E-state index in [0.29, 0.717) is 10.6 Å². The van der Waals surface area contributed by atoms with Crippen LogP contribution in [0.1, 0.15) is 18.1 Å². The molecular weight excluding hydrogens is 387 g/mol. The second kappa shape index (κ2) is 7.23. The monoisotopic (exact) mass is 405 g/mol. The second-order valence-corrected chi connectivity index (χ2v) is 6.78. The molecule has 6 nitrogen and oxygen atoms in total. The molecule has 1 heterocycles. The Labute approximate surface area is 164 Å². The molecule has 29 heavy (non-hydrogen) atoms. The molecule has 1 fully saturated rings. The highest BCUT2D eigenvalue weighted by molar-refractivity contribution is 6.10. The van der Waals surface area contributed by atoms with Gasteiger partial charge in [-0.05, 0) is 30.7 Å². The largest absolute Gasteiger partial charge is 0.416 e. The fourth-order valence-electron chi connectivity index (χ4n) is 3.23. The van der Waals surface area contributed by atoms with Crippen molar-refractivity contribution in [3.05, 3.63) is 65.7 Å². The summed E-state index contributed by atoms with van der Waals surface area (Å²) >= 11 is 0. The van der Waals surface area contributed by atoms with Gasteiger partial charge in [-0.15, -0.1) is 0 Å². The van der Waals surface area contributed by atoms with Gasteiger partial charge in [-0.1, -0.05) is 36.4 Å². The number of carbonyl (C=O) groups excluding carboxylic acids is 3. The maximum atomic E-state index is 13.4. The van der Waals surface area contributed by atoms with Crippen LogP contribution in [0, 0.1) is 0 Å². The Bertz CT molecular complexity index is 962. The van der Waals surface area contributed by atoms with Crippen LogP contribution in [-0.2, 0) is 21.3 Å². The standard InChI is InChI=1S/C20H18F3N3O3/c1-19(14-10-6-7-11-15(14)20(21,22)23)17(28)26(18(29)24-19)12-16(27)25(2)13-8-4-3-5-9-13/h3-11H,12H2,1-2H3,(H,24,29)/t19-/m0/s1. The summed E-state index contributed by atoms with van der Waals surface area (Å²) in [5.41, 5.74) is -2.79. The summed E-state index contributed by atoms with van der Waals surface area (Å²) in [5.74, 6) is -1.48. The van der Waals surface area contributed by atoms with Crippen molar-refractivity contribution in [2.24, 2.45) is 0 Å². The lowest BCUT2D eigenvalue weighted by Gasteiger charge is -2.26. The van der Waals surface area contributed by atoms with Crippen LogP contribution in [0.3, 0.4) is 0 Å². The smallest absolute Gasteiger partial charge is 0.319 e. The van der Waals surface area contributed by atoms with Crippen LogP contribution in [0.2, 0.25) is 0 Å². The molecule has 0 aliphatic carbocycles. The predicted molar refractivity (Wildman–Crippen MR) is 98.9 cm³/mol. The van der Waals surface area contributed by atoms with E-state index in [2.05, 4.69) is 5.32 Å². The maximum absolute atomic E-state index is 13.4. The summed E-state index contributed by atoms with van der Waals surface area (Å²) in [4.78, 5) is 39.7. The zero-order valence-corrected chi connectivity index (χ0v) is 15.7. The van der Waals surface area contributed by atoms with Crippen molar-refractivity contribution in [2.45, 2.75) is 18.6 Å². The number of hydrogen-bond acceptors (Lipinski definition) is 3. The number of imide groups is 1.